The van der Waals surface area contributed by atoms with Gasteiger partial charge in [-0.25, -0.2) is 5.14 Å². The normalized spacial score (nSPS) is 29.4. The maximum atomic E-state index is 12.4. The Balaban J connectivity index is 1.83. The van der Waals surface area contributed by atoms with Crippen molar-refractivity contribution in [3.05, 3.63) is 0 Å². The second-order valence-corrected chi connectivity index (χ2v) is 7.27. The van der Waals surface area contributed by atoms with Crippen LogP contribution in [0.15, 0.2) is 0 Å². The molecular weight excluding hydrogens is 280 g/mol. The van der Waals surface area contributed by atoms with E-state index in [0.29, 0.717) is 38.6 Å². The van der Waals surface area contributed by atoms with Crippen molar-refractivity contribution in [2.75, 3.05) is 32.7 Å². The van der Waals surface area contributed by atoms with Crippen LogP contribution in [-0.4, -0.2) is 56.3 Å². The van der Waals surface area contributed by atoms with Gasteiger partial charge in [-0.1, -0.05) is 0 Å². The monoisotopic (exact) mass is 304 g/mol. The molecule has 1 aliphatic heterocycles. The fourth-order valence-electron chi connectivity index (χ4n) is 3.07. The van der Waals surface area contributed by atoms with Crippen LogP contribution >= 0.6 is 0 Å². The molecule has 4 N–H and O–H groups in total. The Morgan fingerprint density at radius 3 is 2.05 bits per heavy atom. The summed E-state index contributed by atoms with van der Waals surface area (Å²) in [6, 6.07) is 0. The lowest BCUT2D eigenvalue weighted by molar-refractivity contribution is -0.138. The highest BCUT2D eigenvalue weighted by Gasteiger charge is 2.32. The van der Waals surface area contributed by atoms with Crippen LogP contribution in [0.1, 0.15) is 25.7 Å². The third-order valence-electron chi connectivity index (χ3n) is 4.44. The van der Waals surface area contributed by atoms with Gasteiger partial charge in [0.2, 0.25) is 5.91 Å². The Kier molecular flexibility index (Phi) is 5.00. The van der Waals surface area contributed by atoms with Gasteiger partial charge in [-0.3, -0.25) is 4.79 Å². The Bertz CT molecular complexity index is 438. The minimum Gasteiger partial charge on any atom is -0.340 e. The number of nitrogens with zero attached hydrogens (tertiary/aromatic N) is 2. The summed E-state index contributed by atoms with van der Waals surface area (Å²) >= 11 is 0. The second-order valence-electron chi connectivity index (χ2n) is 5.72. The molecule has 0 aromatic carbocycles. The summed E-state index contributed by atoms with van der Waals surface area (Å²) in [6.45, 7) is 2.16. The van der Waals surface area contributed by atoms with E-state index in [-0.39, 0.29) is 11.8 Å². The van der Waals surface area contributed by atoms with Gasteiger partial charge in [0.1, 0.15) is 0 Å². The van der Waals surface area contributed by atoms with E-state index in [1.807, 2.05) is 0 Å². The zero-order valence-corrected chi connectivity index (χ0v) is 12.5. The third-order valence-corrected chi connectivity index (χ3v) is 5.52. The number of rotatable bonds is 3. The molecule has 0 spiro atoms. The average molecular weight is 304 g/mol. The van der Waals surface area contributed by atoms with Crippen molar-refractivity contribution < 1.29 is 13.2 Å². The van der Waals surface area contributed by atoms with Gasteiger partial charge in [0, 0.05) is 32.1 Å². The lowest BCUT2D eigenvalue weighted by Crippen LogP contribution is -2.53. The predicted molar refractivity (Wildman–Crippen MR) is 75.8 cm³/mol. The van der Waals surface area contributed by atoms with Gasteiger partial charge in [0.15, 0.2) is 0 Å². The van der Waals surface area contributed by atoms with E-state index < -0.39 is 10.2 Å². The molecule has 2 aliphatic rings. The standard InChI is InChI=1S/C12H24N4O3S/c13-9-10-1-3-11(4-2-10)12(17)15-5-7-16(8-6-15)20(14,18)19/h10-11H,1-9,13H2,(H2,14,18,19). The van der Waals surface area contributed by atoms with Crippen LogP contribution in [0.25, 0.3) is 0 Å². The first-order chi connectivity index (χ1) is 9.41. The number of hydrogen-bond donors (Lipinski definition) is 2. The summed E-state index contributed by atoms with van der Waals surface area (Å²) in [4.78, 5) is 14.2. The van der Waals surface area contributed by atoms with Crippen LogP contribution in [0, 0.1) is 11.8 Å². The van der Waals surface area contributed by atoms with Gasteiger partial charge in [-0.05, 0) is 38.1 Å². The Morgan fingerprint density at radius 2 is 1.60 bits per heavy atom. The number of amides is 1. The van der Waals surface area contributed by atoms with Crippen molar-refractivity contribution in [2.24, 2.45) is 22.7 Å². The molecule has 0 atom stereocenters. The molecule has 0 unspecified atom stereocenters. The minimum atomic E-state index is -3.63. The number of carbonyl (C=O) groups is 1. The molecule has 1 saturated carbocycles. The average Bonchev–Trinajstić information content (AvgIpc) is 2.46. The van der Waals surface area contributed by atoms with Crippen LogP contribution < -0.4 is 10.9 Å². The fraction of sp³-hybridized carbons (Fsp3) is 0.917. The quantitative estimate of drug-likeness (QED) is 0.704. The summed E-state index contributed by atoms with van der Waals surface area (Å²) in [5, 5.41) is 5.09. The van der Waals surface area contributed by atoms with Crippen LogP contribution in [0.5, 0.6) is 0 Å². The van der Waals surface area contributed by atoms with Gasteiger partial charge in [0.05, 0.1) is 0 Å². The summed E-state index contributed by atoms with van der Waals surface area (Å²) in [6.07, 6.45) is 3.83. The van der Waals surface area contributed by atoms with E-state index in [9.17, 15) is 13.2 Å². The van der Waals surface area contributed by atoms with Crippen LogP contribution in [0.3, 0.4) is 0 Å². The van der Waals surface area contributed by atoms with Crippen LogP contribution in [0.2, 0.25) is 0 Å². The van der Waals surface area contributed by atoms with Crippen molar-refractivity contribution in [1.82, 2.24) is 9.21 Å². The largest absolute Gasteiger partial charge is 0.340 e. The molecule has 7 nitrogen and oxygen atoms in total. The minimum absolute atomic E-state index is 0.0823. The molecule has 20 heavy (non-hydrogen) atoms. The first kappa shape index (κ1) is 15.7. The van der Waals surface area contributed by atoms with E-state index in [0.717, 1.165) is 25.7 Å². The molecule has 0 aromatic rings. The van der Waals surface area contributed by atoms with E-state index in [1.165, 1.54) is 4.31 Å². The lowest BCUT2D eigenvalue weighted by Gasteiger charge is -2.36. The van der Waals surface area contributed by atoms with E-state index in [1.54, 1.807) is 4.90 Å². The van der Waals surface area contributed by atoms with Crippen molar-refractivity contribution >= 4 is 16.1 Å². The molecule has 1 aliphatic carbocycles. The highest BCUT2D eigenvalue weighted by molar-refractivity contribution is 7.86. The maximum absolute atomic E-state index is 12.4. The highest BCUT2D eigenvalue weighted by atomic mass is 32.2. The molecule has 0 radical (unpaired) electrons. The molecule has 1 heterocycles. The first-order valence-electron chi connectivity index (χ1n) is 7.18. The summed E-state index contributed by atoms with van der Waals surface area (Å²) < 4.78 is 23.7. The number of nitrogens with two attached hydrogens (primary N) is 2. The smallest absolute Gasteiger partial charge is 0.277 e. The summed E-state index contributed by atoms with van der Waals surface area (Å²) in [5.74, 6) is 0.798. The molecular formula is C12H24N4O3S. The van der Waals surface area contributed by atoms with E-state index >= 15 is 0 Å². The van der Waals surface area contributed by atoms with Gasteiger partial charge >= 0.3 is 0 Å². The molecule has 0 aromatic heterocycles. The molecule has 0 bridgehead atoms. The van der Waals surface area contributed by atoms with Gasteiger partial charge in [-0.15, -0.1) is 0 Å². The van der Waals surface area contributed by atoms with Gasteiger partial charge in [0.25, 0.3) is 10.2 Å². The Labute approximate surface area is 120 Å². The van der Waals surface area contributed by atoms with Crippen molar-refractivity contribution in [3.8, 4) is 0 Å². The lowest BCUT2D eigenvalue weighted by atomic mass is 9.81. The predicted octanol–water partition coefficient (Wildman–Crippen LogP) is -0.901. The van der Waals surface area contributed by atoms with Crippen molar-refractivity contribution in [1.29, 1.82) is 0 Å². The number of piperazine rings is 1. The van der Waals surface area contributed by atoms with E-state index in [2.05, 4.69) is 0 Å². The van der Waals surface area contributed by atoms with Gasteiger partial charge in [-0.2, -0.15) is 12.7 Å². The summed E-state index contributed by atoms with van der Waals surface area (Å²) in [5.41, 5.74) is 5.65. The first-order valence-corrected chi connectivity index (χ1v) is 8.69. The number of carbonyl (C=O) groups excluding carboxylic acids is 1. The molecule has 2 fully saturated rings. The molecule has 8 heteroatoms. The SMILES string of the molecule is NCC1CCC(C(=O)N2CCN(S(N)(=O)=O)CC2)CC1. The van der Waals surface area contributed by atoms with Crippen LogP contribution in [0.4, 0.5) is 0 Å². The van der Waals surface area contributed by atoms with Crippen molar-refractivity contribution in [3.63, 3.8) is 0 Å². The van der Waals surface area contributed by atoms with Gasteiger partial charge < -0.3 is 10.6 Å². The zero-order valence-electron chi connectivity index (χ0n) is 11.7. The molecule has 116 valence electrons. The Hall–Kier alpha value is -0.700. The number of hydrogen-bond acceptors (Lipinski definition) is 4. The molecule has 1 saturated heterocycles. The third kappa shape index (κ3) is 3.69. The molecule has 1 amide bonds. The second kappa shape index (κ2) is 6.38. The van der Waals surface area contributed by atoms with Crippen molar-refractivity contribution in [2.45, 2.75) is 25.7 Å². The molecule has 2 rings (SSSR count). The zero-order chi connectivity index (χ0) is 14.8. The highest BCUT2D eigenvalue weighted by Crippen LogP contribution is 2.29. The Morgan fingerprint density at radius 1 is 1.05 bits per heavy atom. The van der Waals surface area contributed by atoms with Crippen LogP contribution in [-0.2, 0) is 15.0 Å². The fourth-order valence-corrected chi connectivity index (χ4v) is 3.74. The maximum Gasteiger partial charge on any atom is 0.277 e. The summed E-state index contributed by atoms with van der Waals surface area (Å²) in [7, 11) is -3.63. The topological polar surface area (TPSA) is 110 Å². The van der Waals surface area contributed by atoms with E-state index in [4.69, 9.17) is 10.9 Å².